The van der Waals surface area contributed by atoms with Gasteiger partial charge in [-0.2, -0.15) is 0 Å². The molecule has 1 aliphatic rings. The van der Waals surface area contributed by atoms with Crippen molar-refractivity contribution in [1.29, 1.82) is 0 Å². The van der Waals surface area contributed by atoms with E-state index in [2.05, 4.69) is 19.8 Å². The molecule has 0 fully saturated rings. The number of anilines is 1. The number of allylic oxidation sites excluding steroid dienone is 1. The summed E-state index contributed by atoms with van der Waals surface area (Å²) in [6, 6.07) is 8.74. The predicted molar refractivity (Wildman–Crippen MR) is 107 cm³/mol. The maximum Gasteiger partial charge on any atom is 0.586 e. The largest absolute Gasteiger partial charge is 0.586 e. The fraction of sp³-hybridized carbons (Fsp3) is 0.200. The SMILES string of the molecule is CN=C(C=CN)c1cc(NC(=O)c2ccc3c(c2)OC(F)(F)O3)ccc1OCCN. The van der Waals surface area contributed by atoms with E-state index in [0.29, 0.717) is 35.9 Å². The van der Waals surface area contributed by atoms with Crippen LogP contribution in [-0.2, 0) is 0 Å². The number of ether oxygens (including phenoxy) is 3. The van der Waals surface area contributed by atoms with Crippen LogP contribution in [0.2, 0.25) is 0 Å². The lowest BCUT2D eigenvalue weighted by Crippen LogP contribution is -2.25. The number of fused-ring (bicyclic) bond motifs is 1. The molecule has 30 heavy (non-hydrogen) atoms. The zero-order valence-electron chi connectivity index (χ0n) is 16.0. The Hall–Kier alpha value is -3.66. The summed E-state index contributed by atoms with van der Waals surface area (Å²) in [6.45, 7) is 0.621. The normalized spacial score (nSPS) is 14.7. The first-order valence-electron chi connectivity index (χ1n) is 8.90. The van der Waals surface area contributed by atoms with E-state index in [1.54, 1.807) is 31.3 Å². The minimum absolute atomic E-state index is 0.117. The predicted octanol–water partition coefficient (Wildman–Crippen LogP) is 2.49. The van der Waals surface area contributed by atoms with Crippen molar-refractivity contribution in [2.45, 2.75) is 6.29 Å². The van der Waals surface area contributed by atoms with Crippen molar-refractivity contribution in [2.24, 2.45) is 16.5 Å². The highest BCUT2D eigenvalue weighted by Gasteiger charge is 2.43. The van der Waals surface area contributed by atoms with Gasteiger partial charge in [-0.25, -0.2) is 0 Å². The van der Waals surface area contributed by atoms with Gasteiger partial charge in [-0.05, 0) is 48.7 Å². The molecule has 0 bridgehead atoms. The molecule has 0 saturated heterocycles. The summed E-state index contributed by atoms with van der Waals surface area (Å²) in [6.07, 6.45) is -0.824. The van der Waals surface area contributed by atoms with Crippen LogP contribution in [0.3, 0.4) is 0 Å². The van der Waals surface area contributed by atoms with Gasteiger partial charge in [-0.1, -0.05) is 0 Å². The van der Waals surface area contributed by atoms with Gasteiger partial charge >= 0.3 is 6.29 Å². The quantitative estimate of drug-likeness (QED) is 0.594. The lowest BCUT2D eigenvalue weighted by Gasteiger charge is -2.14. The number of halogens is 2. The van der Waals surface area contributed by atoms with Crippen LogP contribution >= 0.6 is 0 Å². The van der Waals surface area contributed by atoms with E-state index in [9.17, 15) is 13.6 Å². The Bertz CT molecular complexity index is 1010. The van der Waals surface area contributed by atoms with Gasteiger partial charge < -0.3 is 31.0 Å². The molecule has 5 N–H and O–H groups in total. The van der Waals surface area contributed by atoms with Crippen LogP contribution in [0.4, 0.5) is 14.5 Å². The number of rotatable bonds is 7. The lowest BCUT2D eigenvalue weighted by atomic mass is 10.1. The number of aliphatic imine (C=N–C) groups is 1. The maximum absolute atomic E-state index is 13.2. The van der Waals surface area contributed by atoms with Gasteiger partial charge in [0.15, 0.2) is 11.5 Å². The molecule has 0 spiro atoms. The highest BCUT2D eigenvalue weighted by molar-refractivity contribution is 6.12. The second kappa shape index (κ2) is 8.78. The van der Waals surface area contributed by atoms with E-state index in [4.69, 9.17) is 16.2 Å². The molecule has 0 saturated carbocycles. The number of nitrogens with two attached hydrogens (primary N) is 2. The summed E-state index contributed by atoms with van der Waals surface area (Å²) in [4.78, 5) is 16.8. The van der Waals surface area contributed by atoms with Crippen molar-refractivity contribution >= 4 is 17.3 Å². The van der Waals surface area contributed by atoms with Gasteiger partial charge in [0.05, 0.1) is 5.71 Å². The number of carbonyl (C=O) groups excluding carboxylic acids is 1. The molecule has 0 atom stereocenters. The second-order valence-electron chi connectivity index (χ2n) is 6.10. The molecule has 0 aliphatic carbocycles. The molecule has 10 heteroatoms. The van der Waals surface area contributed by atoms with E-state index in [-0.39, 0.29) is 17.1 Å². The summed E-state index contributed by atoms with van der Waals surface area (Å²) >= 11 is 0. The summed E-state index contributed by atoms with van der Waals surface area (Å²) in [5, 5.41) is 2.70. The molecule has 158 valence electrons. The third kappa shape index (κ3) is 4.66. The lowest BCUT2D eigenvalue weighted by molar-refractivity contribution is -0.286. The third-order valence-electron chi connectivity index (χ3n) is 4.05. The highest BCUT2D eigenvalue weighted by Crippen LogP contribution is 2.41. The van der Waals surface area contributed by atoms with Gasteiger partial charge in [0.1, 0.15) is 12.4 Å². The molecule has 2 aromatic carbocycles. The molecular formula is C20H20F2N4O4. The minimum Gasteiger partial charge on any atom is -0.492 e. The van der Waals surface area contributed by atoms with Crippen molar-refractivity contribution in [1.82, 2.24) is 0 Å². The number of nitrogens with zero attached hydrogens (tertiary/aromatic N) is 1. The summed E-state index contributed by atoms with van der Waals surface area (Å²) in [5.41, 5.74) is 12.7. The first kappa shape index (κ1) is 21.1. The van der Waals surface area contributed by atoms with Gasteiger partial charge in [-0.3, -0.25) is 9.79 Å². The van der Waals surface area contributed by atoms with Crippen LogP contribution in [0.1, 0.15) is 15.9 Å². The Kier molecular flexibility index (Phi) is 6.17. The molecule has 3 rings (SSSR count). The van der Waals surface area contributed by atoms with E-state index in [1.807, 2.05) is 0 Å². The van der Waals surface area contributed by atoms with Crippen molar-refractivity contribution in [3.8, 4) is 17.2 Å². The van der Waals surface area contributed by atoms with Gasteiger partial charge in [0, 0.05) is 30.4 Å². The molecule has 1 heterocycles. The number of hydrogen-bond acceptors (Lipinski definition) is 7. The van der Waals surface area contributed by atoms with E-state index >= 15 is 0 Å². The molecule has 0 radical (unpaired) electrons. The Balaban J connectivity index is 1.85. The van der Waals surface area contributed by atoms with Crippen LogP contribution in [0, 0.1) is 0 Å². The van der Waals surface area contributed by atoms with Gasteiger partial charge in [-0.15, -0.1) is 8.78 Å². The van der Waals surface area contributed by atoms with Crippen molar-refractivity contribution in [3.63, 3.8) is 0 Å². The highest BCUT2D eigenvalue weighted by atomic mass is 19.3. The van der Waals surface area contributed by atoms with Crippen LogP contribution in [0.15, 0.2) is 53.7 Å². The molecular weight excluding hydrogens is 398 g/mol. The molecule has 1 amide bonds. The third-order valence-corrected chi connectivity index (χ3v) is 4.05. The number of benzene rings is 2. The topological polar surface area (TPSA) is 121 Å². The Morgan fingerprint density at radius 3 is 2.70 bits per heavy atom. The zero-order chi connectivity index (χ0) is 21.7. The smallest absolute Gasteiger partial charge is 0.492 e. The maximum atomic E-state index is 13.2. The number of amides is 1. The molecule has 8 nitrogen and oxygen atoms in total. The number of carbonyl (C=O) groups is 1. The standard InChI is InChI=1S/C20H20F2N4O4/c1-25-15(6-7-23)14-11-13(3-5-16(14)28-9-8-24)26-19(27)12-2-4-17-18(10-12)30-20(21,22)29-17/h2-7,10-11H,8-9,23-24H2,1H3,(H,26,27). The zero-order valence-corrected chi connectivity index (χ0v) is 16.0. The number of alkyl halides is 2. The van der Waals surface area contributed by atoms with Crippen molar-refractivity contribution in [2.75, 3.05) is 25.5 Å². The summed E-state index contributed by atoms with van der Waals surface area (Å²) in [5.74, 6) is -0.366. The van der Waals surface area contributed by atoms with Crippen molar-refractivity contribution in [3.05, 3.63) is 59.8 Å². The number of nitrogens with one attached hydrogen (secondary N) is 1. The van der Waals surface area contributed by atoms with E-state index in [1.165, 1.54) is 24.4 Å². The van der Waals surface area contributed by atoms with Crippen LogP contribution in [0.5, 0.6) is 17.2 Å². The monoisotopic (exact) mass is 418 g/mol. The number of hydrogen-bond donors (Lipinski definition) is 3. The van der Waals surface area contributed by atoms with Crippen LogP contribution < -0.4 is 31.0 Å². The molecule has 0 unspecified atom stereocenters. The molecule has 1 aliphatic heterocycles. The fourth-order valence-electron chi connectivity index (χ4n) is 2.77. The Morgan fingerprint density at radius 2 is 2.00 bits per heavy atom. The summed E-state index contributed by atoms with van der Waals surface area (Å²) in [7, 11) is 1.59. The average molecular weight is 418 g/mol. The Labute approximate surface area is 171 Å². The van der Waals surface area contributed by atoms with E-state index < -0.39 is 12.2 Å². The van der Waals surface area contributed by atoms with Crippen LogP contribution in [0.25, 0.3) is 0 Å². The van der Waals surface area contributed by atoms with Gasteiger partial charge in [0.2, 0.25) is 0 Å². The summed E-state index contributed by atoms with van der Waals surface area (Å²) < 4.78 is 40.7. The fourth-order valence-corrected chi connectivity index (χ4v) is 2.77. The van der Waals surface area contributed by atoms with Gasteiger partial charge in [0.25, 0.3) is 5.91 Å². The second-order valence-corrected chi connectivity index (χ2v) is 6.10. The van der Waals surface area contributed by atoms with Crippen molar-refractivity contribution < 1.29 is 27.8 Å². The van der Waals surface area contributed by atoms with Crippen LogP contribution in [-0.4, -0.2) is 38.1 Å². The molecule has 2 aromatic rings. The van der Waals surface area contributed by atoms with E-state index in [0.717, 1.165) is 0 Å². The minimum atomic E-state index is -3.75. The first-order valence-corrected chi connectivity index (χ1v) is 8.90. The average Bonchev–Trinajstić information content (AvgIpc) is 3.03. The first-order chi connectivity index (χ1) is 14.4. The molecule has 0 aromatic heterocycles. The Morgan fingerprint density at radius 1 is 1.23 bits per heavy atom.